The van der Waals surface area contributed by atoms with Crippen LogP contribution >= 0.6 is 0 Å². The van der Waals surface area contributed by atoms with Crippen LogP contribution in [-0.2, 0) is 4.74 Å². The number of hydrogen-bond acceptors (Lipinski definition) is 3. The molecule has 2 atom stereocenters. The zero-order chi connectivity index (χ0) is 18.7. The quantitative estimate of drug-likeness (QED) is 0.516. The number of carbonyl (C=O) groups is 1. The number of amides is 1. The maximum absolute atomic E-state index is 12.0. The molecule has 0 heterocycles. The van der Waals surface area contributed by atoms with Crippen LogP contribution in [0.15, 0.2) is 0 Å². The highest BCUT2D eigenvalue weighted by atomic mass is 16.6. The van der Waals surface area contributed by atoms with Gasteiger partial charge in [0.2, 0.25) is 0 Å². The average molecular weight is 355 g/mol. The van der Waals surface area contributed by atoms with Crippen molar-refractivity contribution in [1.82, 2.24) is 10.6 Å². The number of nitrogens with one attached hydrogen (secondary N) is 2. The van der Waals surface area contributed by atoms with Crippen LogP contribution in [0.25, 0.3) is 0 Å². The van der Waals surface area contributed by atoms with E-state index in [1.54, 1.807) is 0 Å². The predicted octanol–water partition coefficient (Wildman–Crippen LogP) is 5.41. The topological polar surface area (TPSA) is 50.4 Å². The van der Waals surface area contributed by atoms with Gasteiger partial charge in [-0.3, -0.25) is 0 Å². The van der Waals surface area contributed by atoms with Crippen LogP contribution in [0.1, 0.15) is 98.8 Å². The van der Waals surface area contributed by atoms with E-state index in [4.69, 9.17) is 4.74 Å². The monoisotopic (exact) mass is 354 g/mol. The van der Waals surface area contributed by atoms with E-state index in [-0.39, 0.29) is 6.09 Å². The normalized spacial score (nSPS) is 18.6. The van der Waals surface area contributed by atoms with Gasteiger partial charge in [-0.1, -0.05) is 51.9 Å². The first-order valence-electron chi connectivity index (χ1n) is 10.5. The molecule has 1 rings (SSSR count). The first kappa shape index (κ1) is 22.3. The Balaban J connectivity index is 2.47. The fourth-order valence-corrected chi connectivity index (χ4v) is 3.73. The van der Waals surface area contributed by atoms with Crippen LogP contribution in [0.3, 0.4) is 0 Å². The number of hydrogen-bond donors (Lipinski definition) is 2. The maximum Gasteiger partial charge on any atom is 0.407 e. The van der Waals surface area contributed by atoms with E-state index in [0.29, 0.717) is 24.5 Å². The van der Waals surface area contributed by atoms with Crippen molar-refractivity contribution < 1.29 is 9.53 Å². The largest absolute Gasteiger partial charge is 0.444 e. The number of alkyl carbamates (subject to hydrolysis) is 1. The van der Waals surface area contributed by atoms with E-state index < -0.39 is 5.60 Å². The summed E-state index contributed by atoms with van der Waals surface area (Å²) in [6.45, 7) is 10.9. The summed E-state index contributed by atoms with van der Waals surface area (Å²) < 4.78 is 5.39. The molecule has 1 aliphatic rings. The van der Waals surface area contributed by atoms with Gasteiger partial charge in [0, 0.05) is 18.6 Å². The minimum atomic E-state index is -0.440. The summed E-state index contributed by atoms with van der Waals surface area (Å²) >= 11 is 0. The molecular formula is C21H42N2O2. The molecule has 0 bridgehead atoms. The van der Waals surface area contributed by atoms with Gasteiger partial charge in [0.05, 0.1) is 0 Å². The molecule has 1 amide bonds. The van der Waals surface area contributed by atoms with Crippen molar-refractivity contribution in [2.24, 2.45) is 5.92 Å². The Labute approximate surface area is 155 Å². The number of ether oxygens (including phenoxy) is 1. The molecule has 2 unspecified atom stereocenters. The average Bonchev–Trinajstić information content (AvgIpc) is 2.54. The number of rotatable bonds is 10. The number of carbonyl (C=O) groups excluding carboxylic acids is 1. The van der Waals surface area contributed by atoms with E-state index in [1.165, 1.54) is 64.2 Å². The third-order valence-electron chi connectivity index (χ3n) is 5.07. The van der Waals surface area contributed by atoms with Gasteiger partial charge in [-0.15, -0.1) is 0 Å². The van der Waals surface area contributed by atoms with Gasteiger partial charge in [-0.25, -0.2) is 4.79 Å². The van der Waals surface area contributed by atoms with E-state index in [1.807, 2.05) is 20.8 Å². The molecule has 0 aromatic carbocycles. The lowest BCUT2D eigenvalue weighted by atomic mass is 9.83. The van der Waals surface area contributed by atoms with Crippen molar-refractivity contribution in [3.63, 3.8) is 0 Å². The maximum atomic E-state index is 12.0. The summed E-state index contributed by atoms with van der Waals surface area (Å²) in [7, 11) is 0. The van der Waals surface area contributed by atoms with Gasteiger partial charge in [0.25, 0.3) is 0 Å². The summed E-state index contributed by atoms with van der Waals surface area (Å²) in [5.41, 5.74) is -0.440. The molecule has 0 aromatic rings. The van der Waals surface area contributed by atoms with Gasteiger partial charge in [-0.05, 0) is 52.9 Å². The summed E-state index contributed by atoms with van der Waals surface area (Å²) in [4.78, 5) is 12.0. The second-order valence-corrected chi connectivity index (χ2v) is 8.80. The standard InChI is InChI=1S/C21H42N2O2/c1-6-7-8-10-13-17(2)23-19(18-14-11-9-12-15-18)16-22-20(24)25-21(3,4)5/h17-19,23H,6-16H2,1-5H3,(H,22,24). The first-order valence-corrected chi connectivity index (χ1v) is 10.5. The fourth-order valence-electron chi connectivity index (χ4n) is 3.73. The van der Waals surface area contributed by atoms with Crippen molar-refractivity contribution in [2.45, 2.75) is 117 Å². The van der Waals surface area contributed by atoms with Gasteiger partial charge in [-0.2, -0.15) is 0 Å². The Morgan fingerprint density at radius 2 is 1.80 bits per heavy atom. The van der Waals surface area contributed by atoms with E-state index in [2.05, 4.69) is 24.5 Å². The molecule has 0 radical (unpaired) electrons. The van der Waals surface area contributed by atoms with Crippen LogP contribution in [0.5, 0.6) is 0 Å². The minimum Gasteiger partial charge on any atom is -0.444 e. The molecule has 0 saturated heterocycles. The lowest BCUT2D eigenvalue weighted by molar-refractivity contribution is 0.0514. The summed E-state index contributed by atoms with van der Waals surface area (Å²) in [5, 5.41) is 6.81. The third-order valence-corrected chi connectivity index (χ3v) is 5.07. The van der Waals surface area contributed by atoms with Gasteiger partial charge >= 0.3 is 6.09 Å². The summed E-state index contributed by atoms with van der Waals surface area (Å²) in [6, 6.07) is 0.859. The van der Waals surface area contributed by atoms with Gasteiger partial charge < -0.3 is 15.4 Å². The zero-order valence-corrected chi connectivity index (χ0v) is 17.3. The highest BCUT2D eigenvalue weighted by Gasteiger charge is 2.26. The van der Waals surface area contributed by atoms with Gasteiger partial charge in [0.15, 0.2) is 0 Å². The van der Waals surface area contributed by atoms with E-state index in [9.17, 15) is 4.79 Å². The SMILES string of the molecule is CCCCCCC(C)NC(CNC(=O)OC(C)(C)C)C1CCCCC1. The molecule has 0 spiro atoms. The molecule has 1 saturated carbocycles. The molecular weight excluding hydrogens is 312 g/mol. The Hall–Kier alpha value is -0.770. The van der Waals surface area contributed by atoms with Gasteiger partial charge in [0.1, 0.15) is 5.60 Å². The molecule has 0 aliphatic heterocycles. The molecule has 1 aliphatic carbocycles. The highest BCUT2D eigenvalue weighted by Crippen LogP contribution is 2.27. The first-order chi connectivity index (χ1) is 11.8. The third kappa shape index (κ3) is 10.7. The molecule has 25 heavy (non-hydrogen) atoms. The summed E-state index contributed by atoms with van der Waals surface area (Å²) in [6.07, 6.45) is 12.7. The molecule has 2 N–H and O–H groups in total. The fraction of sp³-hybridized carbons (Fsp3) is 0.952. The second-order valence-electron chi connectivity index (χ2n) is 8.80. The lowest BCUT2D eigenvalue weighted by Crippen LogP contribution is -2.49. The Bertz CT molecular complexity index is 359. The van der Waals surface area contributed by atoms with Crippen LogP contribution in [0, 0.1) is 5.92 Å². The highest BCUT2D eigenvalue weighted by molar-refractivity contribution is 5.67. The van der Waals surface area contributed by atoms with Crippen molar-refractivity contribution >= 4 is 6.09 Å². The van der Waals surface area contributed by atoms with Crippen LogP contribution < -0.4 is 10.6 Å². The van der Waals surface area contributed by atoms with Crippen molar-refractivity contribution in [2.75, 3.05) is 6.54 Å². The second kappa shape index (κ2) is 11.8. The molecule has 148 valence electrons. The molecule has 4 nitrogen and oxygen atoms in total. The zero-order valence-electron chi connectivity index (χ0n) is 17.3. The van der Waals surface area contributed by atoms with E-state index >= 15 is 0 Å². The Morgan fingerprint density at radius 3 is 2.40 bits per heavy atom. The molecule has 0 aromatic heterocycles. The molecule has 4 heteroatoms. The van der Waals surface area contributed by atoms with Crippen molar-refractivity contribution in [3.8, 4) is 0 Å². The minimum absolute atomic E-state index is 0.300. The smallest absolute Gasteiger partial charge is 0.407 e. The van der Waals surface area contributed by atoms with Crippen molar-refractivity contribution in [1.29, 1.82) is 0 Å². The Kier molecular flexibility index (Phi) is 10.5. The van der Waals surface area contributed by atoms with E-state index in [0.717, 1.165) is 0 Å². The van der Waals surface area contributed by atoms with Crippen molar-refractivity contribution in [3.05, 3.63) is 0 Å². The number of unbranched alkanes of at least 4 members (excludes halogenated alkanes) is 3. The van der Waals surface area contributed by atoms with Crippen LogP contribution in [0.2, 0.25) is 0 Å². The van der Waals surface area contributed by atoms with Crippen LogP contribution in [0.4, 0.5) is 4.79 Å². The molecule has 1 fully saturated rings. The predicted molar refractivity (Wildman–Crippen MR) is 106 cm³/mol. The summed E-state index contributed by atoms with van der Waals surface area (Å²) in [5.74, 6) is 0.668. The van der Waals surface area contributed by atoms with Crippen LogP contribution in [-0.4, -0.2) is 30.3 Å². The Morgan fingerprint density at radius 1 is 1.12 bits per heavy atom. The lowest BCUT2D eigenvalue weighted by Gasteiger charge is -2.33.